The molecule has 0 atom stereocenters. The second-order valence-corrected chi connectivity index (χ2v) is 10.0. The number of aromatic nitrogens is 2. The van der Waals surface area contributed by atoms with Crippen LogP contribution < -0.4 is 10.0 Å². The molecule has 0 radical (unpaired) electrons. The molecule has 0 aliphatic carbocycles. The number of hydrogen-bond donors (Lipinski definition) is 2. The molecule has 1 heterocycles. The van der Waals surface area contributed by atoms with E-state index in [-0.39, 0.29) is 24.6 Å². The van der Waals surface area contributed by atoms with E-state index >= 15 is 0 Å². The van der Waals surface area contributed by atoms with Crippen LogP contribution in [0.4, 0.5) is 5.69 Å². The highest BCUT2D eigenvalue weighted by molar-refractivity contribution is 7.88. The molecule has 1 amide bonds. The first-order valence-corrected chi connectivity index (χ1v) is 12.4. The second kappa shape index (κ2) is 10.3. The van der Waals surface area contributed by atoms with Crippen molar-refractivity contribution >= 4 is 33.2 Å². The van der Waals surface area contributed by atoms with Crippen LogP contribution in [0.3, 0.4) is 0 Å². The number of carbonyl (C=O) groups excluding carboxylic acids is 1. The van der Waals surface area contributed by atoms with Gasteiger partial charge in [0, 0.05) is 28.5 Å². The van der Waals surface area contributed by atoms with Gasteiger partial charge in [0.25, 0.3) is 0 Å². The highest BCUT2D eigenvalue weighted by Gasteiger charge is 2.17. The fourth-order valence-electron chi connectivity index (χ4n) is 3.40. The molecule has 0 aliphatic heterocycles. The van der Waals surface area contributed by atoms with Crippen molar-refractivity contribution in [1.82, 2.24) is 14.5 Å². The predicted molar refractivity (Wildman–Crippen MR) is 132 cm³/mol. The molecule has 0 saturated heterocycles. The molecular formula is C24H27ClN4O3S. The molecule has 2 aromatic carbocycles. The highest BCUT2D eigenvalue weighted by Crippen LogP contribution is 2.23. The van der Waals surface area contributed by atoms with Crippen molar-refractivity contribution in [2.75, 3.05) is 11.9 Å². The van der Waals surface area contributed by atoms with Crippen LogP contribution in [0.25, 0.3) is 5.69 Å². The van der Waals surface area contributed by atoms with E-state index in [1.807, 2.05) is 39.0 Å². The maximum atomic E-state index is 12.7. The van der Waals surface area contributed by atoms with Gasteiger partial charge in [0.05, 0.1) is 23.6 Å². The van der Waals surface area contributed by atoms with Gasteiger partial charge in [0.1, 0.15) is 0 Å². The van der Waals surface area contributed by atoms with Crippen LogP contribution in [0.5, 0.6) is 0 Å². The van der Waals surface area contributed by atoms with Gasteiger partial charge in [-0.3, -0.25) is 4.79 Å². The van der Waals surface area contributed by atoms with E-state index in [1.165, 1.54) is 6.08 Å². The van der Waals surface area contributed by atoms with Gasteiger partial charge in [-0.05, 0) is 56.2 Å². The maximum Gasteiger partial charge on any atom is 0.228 e. The Labute approximate surface area is 199 Å². The first-order chi connectivity index (χ1) is 15.6. The molecule has 9 heteroatoms. The summed E-state index contributed by atoms with van der Waals surface area (Å²) in [5.41, 5.74) is 5.52. The van der Waals surface area contributed by atoms with Crippen molar-refractivity contribution in [3.05, 3.63) is 88.2 Å². The number of nitrogens with one attached hydrogen (secondary N) is 2. The molecule has 7 nitrogen and oxygen atoms in total. The Kier molecular flexibility index (Phi) is 7.73. The maximum absolute atomic E-state index is 12.7. The standard InChI is InChI=1S/C24H27ClN4O3S/c1-5-12-26-33(31,32)15-19-7-9-20(10-8-19)27-24(30)14-22-17(3)28-29(18(22)4)21-11-6-16(2)23(25)13-21/h5-11,13,26H,1,12,14-15H2,2-4H3,(H,27,30). The fraction of sp³-hybridized carbons (Fsp3) is 0.250. The summed E-state index contributed by atoms with van der Waals surface area (Å²) in [6, 6.07) is 12.5. The zero-order valence-corrected chi connectivity index (χ0v) is 20.4. The van der Waals surface area contributed by atoms with Crippen LogP contribution in [0.15, 0.2) is 55.1 Å². The van der Waals surface area contributed by atoms with Gasteiger partial charge in [-0.25, -0.2) is 17.8 Å². The van der Waals surface area contributed by atoms with Crippen LogP contribution in [-0.2, 0) is 27.0 Å². The molecule has 0 fully saturated rings. The molecule has 0 unspecified atom stereocenters. The Morgan fingerprint density at radius 3 is 2.48 bits per heavy atom. The van der Waals surface area contributed by atoms with Crippen molar-refractivity contribution in [2.24, 2.45) is 0 Å². The Balaban J connectivity index is 1.68. The van der Waals surface area contributed by atoms with Crippen LogP contribution in [0.1, 0.15) is 28.1 Å². The summed E-state index contributed by atoms with van der Waals surface area (Å²) in [6.45, 7) is 9.41. The molecule has 3 aromatic rings. The Morgan fingerprint density at radius 2 is 1.85 bits per heavy atom. The van der Waals surface area contributed by atoms with Crippen LogP contribution in [-0.4, -0.2) is 30.7 Å². The monoisotopic (exact) mass is 486 g/mol. The lowest BCUT2D eigenvalue weighted by Gasteiger charge is -2.09. The van der Waals surface area contributed by atoms with Crippen LogP contribution in [0.2, 0.25) is 5.02 Å². The van der Waals surface area contributed by atoms with E-state index in [1.54, 1.807) is 28.9 Å². The Morgan fingerprint density at radius 1 is 1.15 bits per heavy atom. The first kappa shape index (κ1) is 24.7. The minimum atomic E-state index is -3.43. The van der Waals surface area contributed by atoms with Gasteiger partial charge in [-0.1, -0.05) is 35.9 Å². The third kappa shape index (κ3) is 6.31. The summed E-state index contributed by atoms with van der Waals surface area (Å²) in [4.78, 5) is 12.7. The number of aryl methyl sites for hydroxylation is 2. The molecule has 0 spiro atoms. The van der Waals surface area contributed by atoms with E-state index in [4.69, 9.17) is 11.6 Å². The van der Waals surface area contributed by atoms with Crippen molar-refractivity contribution in [2.45, 2.75) is 32.9 Å². The second-order valence-electron chi connectivity index (χ2n) is 7.81. The molecule has 0 bridgehead atoms. The van der Waals surface area contributed by atoms with Crippen molar-refractivity contribution < 1.29 is 13.2 Å². The smallest absolute Gasteiger partial charge is 0.228 e. The number of rotatable bonds is 9. The summed E-state index contributed by atoms with van der Waals surface area (Å²) in [6.07, 6.45) is 1.65. The van der Waals surface area contributed by atoms with Gasteiger partial charge < -0.3 is 5.32 Å². The van der Waals surface area contributed by atoms with Gasteiger partial charge in [-0.15, -0.1) is 6.58 Å². The number of sulfonamides is 1. The summed E-state index contributed by atoms with van der Waals surface area (Å²) in [7, 11) is -3.43. The van der Waals surface area contributed by atoms with Gasteiger partial charge in [-0.2, -0.15) is 5.10 Å². The number of halogens is 1. The number of carbonyl (C=O) groups is 1. The zero-order chi connectivity index (χ0) is 24.2. The third-order valence-electron chi connectivity index (χ3n) is 5.22. The van der Waals surface area contributed by atoms with Gasteiger partial charge >= 0.3 is 0 Å². The lowest BCUT2D eigenvalue weighted by Crippen LogP contribution is -2.25. The van der Waals surface area contributed by atoms with E-state index in [0.29, 0.717) is 16.3 Å². The third-order valence-corrected chi connectivity index (χ3v) is 6.95. The normalized spacial score (nSPS) is 11.4. The lowest BCUT2D eigenvalue weighted by atomic mass is 10.1. The van der Waals surface area contributed by atoms with E-state index in [2.05, 4.69) is 21.7 Å². The predicted octanol–water partition coefficient (Wildman–Crippen LogP) is 4.24. The molecule has 174 valence electrons. The number of nitrogens with zero attached hydrogens (tertiary/aromatic N) is 2. The molecule has 0 aliphatic rings. The summed E-state index contributed by atoms with van der Waals surface area (Å²) < 4.78 is 28.2. The van der Waals surface area contributed by atoms with Crippen LogP contribution >= 0.6 is 11.6 Å². The molecule has 2 N–H and O–H groups in total. The molecular weight excluding hydrogens is 460 g/mol. The summed E-state index contributed by atoms with van der Waals surface area (Å²) in [5.74, 6) is -0.328. The van der Waals surface area contributed by atoms with Crippen molar-refractivity contribution in [3.8, 4) is 5.69 Å². The van der Waals surface area contributed by atoms with Gasteiger partial charge in [0.15, 0.2) is 0 Å². The minimum absolute atomic E-state index is 0.143. The molecule has 0 saturated carbocycles. The van der Waals surface area contributed by atoms with Crippen molar-refractivity contribution in [3.63, 3.8) is 0 Å². The molecule has 33 heavy (non-hydrogen) atoms. The summed E-state index contributed by atoms with van der Waals surface area (Å²) >= 11 is 6.26. The number of anilines is 1. The zero-order valence-electron chi connectivity index (χ0n) is 18.9. The highest BCUT2D eigenvalue weighted by atomic mass is 35.5. The number of amides is 1. The first-order valence-electron chi connectivity index (χ1n) is 10.4. The van der Waals surface area contributed by atoms with E-state index < -0.39 is 10.0 Å². The SMILES string of the molecule is C=CCNS(=O)(=O)Cc1ccc(NC(=O)Cc2c(C)nn(-c3ccc(C)c(Cl)c3)c2C)cc1. The quantitative estimate of drug-likeness (QED) is 0.442. The van der Waals surface area contributed by atoms with E-state index in [0.717, 1.165) is 28.2 Å². The fourth-order valence-corrected chi connectivity index (χ4v) is 4.68. The Bertz CT molecular complexity index is 1280. The molecule has 3 rings (SSSR count). The average molecular weight is 487 g/mol. The lowest BCUT2D eigenvalue weighted by molar-refractivity contribution is -0.115. The summed E-state index contributed by atoms with van der Waals surface area (Å²) in [5, 5.41) is 8.11. The largest absolute Gasteiger partial charge is 0.326 e. The van der Waals surface area contributed by atoms with Crippen LogP contribution in [0, 0.1) is 20.8 Å². The Hall–Kier alpha value is -2.94. The number of benzene rings is 2. The topological polar surface area (TPSA) is 93.1 Å². The minimum Gasteiger partial charge on any atom is -0.326 e. The van der Waals surface area contributed by atoms with Gasteiger partial charge in [0.2, 0.25) is 15.9 Å². The molecule has 1 aromatic heterocycles. The van der Waals surface area contributed by atoms with E-state index in [9.17, 15) is 13.2 Å². The number of hydrogen-bond acceptors (Lipinski definition) is 4. The average Bonchev–Trinajstić information content (AvgIpc) is 3.03. The van der Waals surface area contributed by atoms with Crippen molar-refractivity contribution in [1.29, 1.82) is 0 Å².